The number of amides is 1. The second-order valence-corrected chi connectivity index (χ2v) is 2.83. The highest BCUT2D eigenvalue weighted by Gasteiger charge is 2.16. The third-order valence-corrected chi connectivity index (χ3v) is 1.75. The number of hydrogen-bond acceptors (Lipinski definition) is 1. The molecule has 70 valence electrons. The Balaban J connectivity index is 3.27. The van der Waals surface area contributed by atoms with Gasteiger partial charge in [-0.15, -0.1) is 0 Å². The molecule has 0 aliphatic heterocycles. The van der Waals surface area contributed by atoms with Crippen molar-refractivity contribution >= 4 is 17.5 Å². The molecule has 0 atom stereocenters. The van der Waals surface area contributed by atoms with Crippen LogP contribution in [-0.4, -0.2) is 5.91 Å². The first-order valence-corrected chi connectivity index (χ1v) is 3.77. The minimum Gasteiger partial charge on any atom is -0.366 e. The van der Waals surface area contributed by atoms with Gasteiger partial charge in [0.25, 0.3) is 6.43 Å². The molecule has 0 aromatic heterocycles. The van der Waals surface area contributed by atoms with Crippen molar-refractivity contribution in [3.8, 4) is 0 Å². The van der Waals surface area contributed by atoms with Crippen LogP contribution in [-0.2, 0) is 0 Å². The van der Waals surface area contributed by atoms with E-state index in [-0.39, 0.29) is 10.6 Å². The van der Waals surface area contributed by atoms with Gasteiger partial charge in [0.15, 0.2) is 0 Å². The first-order valence-electron chi connectivity index (χ1n) is 3.39. The lowest BCUT2D eigenvalue weighted by molar-refractivity contribution is 0.0986. The smallest absolute Gasteiger partial charge is 0.264 e. The SMILES string of the molecule is NC(=O)c1cc(Cl)ccc1C(F)F. The van der Waals surface area contributed by atoms with Crippen LogP contribution in [0.2, 0.25) is 5.02 Å². The van der Waals surface area contributed by atoms with Gasteiger partial charge in [-0.2, -0.15) is 0 Å². The van der Waals surface area contributed by atoms with Crippen LogP contribution in [0, 0.1) is 0 Å². The van der Waals surface area contributed by atoms with Gasteiger partial charge < -0.3 is 5.73 Å². The van der Waals surface area contributed by atoms with Gasteiger partial charge in [-0.1, -0.05) is 17.7 Å². The molecule has 0 bridgehead atoms. The molecule has 0 unspecified atom stereocenters. The van der Waals surface area contributed by atoms with Crippen molar-refractivity contribution in [2.75, 3.05) is 0 Å². The molecule has 0 fully saturated rings. The zero-order valence-corrected chi connectivity index (χ0v) is 7.18. The zero-order chi connectivity index (χ0) is 10.0. The number of nitrogens with two attached hydrogens (primary N) is 1. The van der Waals surface area contributed by atoms with Gasteiger partial charge >= 0.3 is 0 Å². The highest BCUT2D eigenvalue weighted by atomic mass is 35.5. The number of benzene rings is 1. The van der Waals surface area contributed by atoms with Crippen LogP contribution in [0.5, 0.6) is 0 Å². The summed E-state index contributed by atoms with van der Waals surface area (Å²) in [6.45, 7) is 0. The molecule has 2 nitrogen and oxygen atoms in total. The van der Waals surface area contributed by atoms with Crippen molar-refractivity contribution in [2.45, 2.75) is 6.43 Å². The summed E-state index contributed by atoms with van der Waals surface area (Å²) in [6.07, 6.45) is -2.72. The molecule has 0 saturated carbocycles. The molecule has 1 rings (SSSR count). The summed E-state index contributed by atoms with van der Waals surface area (Å²) >= 11 is 5.51. The second-order valence-electron chi connectivity index (χ2n) is 2.40. The number of halogens is 3. The fourth-order valence-electron chi connectivity index (χ4n) is 0.932. The molecule has 5 heteroatoms. The Bertz CT molecular complexity index is 341. The number of primary amides is 1. The molecule has 0 aliphatic rings. The van der Waals surface area contributed by atoms with Crippen LogP contribution < -0.4 is 5.73 Å². The third kappa shape index (κ3) is 2.15. The van der Waals surface area contributed by atoms with E-state index >= 15 is 0 Å². The molecule has 1 aromatic carbocycles. The number of hydrogen-bond donors (Lipinski definition) is 1. The minimum atomic E-state index is -2.72. The predicted molar refractivity (Wildman–Crippen MR) is 44.9 cm³/mol. The maximum absolute atomic E-state index is 12.3. The molecule has 0 heterocycles. The Morgan fingerprint density at radius 3 is 2.54 bits per heavy atom. The van der Waals surface area contributed by atoms with E-state index in [1.165, 1.54) is 6.07 Å². The Morgan fingerprint density at radius 1 is 1.46 bits per heavy atom. The lowest BCUT2D eigenvalue weighted by Gasteiger charge is -2.05. The monoisotopic (exact) mass is 205 g/mol. The Morgan fingerprint density at radius 2 is 2.08 bits per heavy atom. The molecule has 0 radical (unpaired) electrons. The largest absolute Gasteiger partial charge is 0.366 e. The van der Waals surface area contributed by atoms with E-state index in [4.69, 9.17) is 17.3 Å². The summed E-state index contributed by atoms with van der Waals surface area (Å²) in [5.41, 5.74) is 4.26. The highest BCUT2D eigenvalue weighted by molar-refractivity contribution is 6.31. The van der Waals surface area contributed by atoms with Crippen molar-refractivity contribution in [3.05, 3.63) is 34.3 Å². The number of carbonyl (C=O) groups excluding carboxylic acids is 1. The molecule has 2 N–H and O–H groups in total. The Labute approximate surface area is 78.3 Å². The predicted octanol–water partition coefficient (Wildman–Crippen LogP) is 2.38. The first kappa shape index (κ1) is 9.92. The molecular formula is C8H6ClF2NO. The number of alkyl halides is 2. The molecule has 0 saturated heterocycles. The molecule has 1 amide bonds. The Hall–Kier alpha value is -1.16. The van der Waals surface area contributed by atoms with Gasteiger partial charge in [-0.3, -0.25) is 4.79 Å². The maximum atomic E-state index is 12.3. The van der Waals surface area contributed by atoms with Crippen molar-refractivity contribution < 1.29 is 13.6 Å². The van der Waals surface area contributed by atoms with E-state index in [1.54, 1.807) is 0 Å². The third-order valence-electron chi connectivity index (χ3n) is 1.52. The molecular weight excluding hydrogens is 200 g/mol. The van der Waals surface area contributed by atoms with Crippen LogP contribution in [0.4, 0.5) is 8.78 Å². The summed E-state index contributed by atoms with van der Waals surface area (Å²) in [5.74, 6) is -0.905. The zero-order valence-electron chi connectivity index (χ0n) is 6.43. The maximum Gasteiger partial charge on any atom is 0.264 e. The standard InChI is InChI=1S/C8H6ClF2NO/c9-4-1-2-5(7(10)11)6(3-4)8(12)13/h1-3,7H,(H2,12,13). The lowest BCUT2D eigenvalue weighted by Crippen LogP contribution is -2.13. The van der Waals surface area contributed by atoms with Gasteiger partial charge in [-0.05, 0) is 12.1 Å². The summed E-state index contributed by atoms with van der Waals surface area (Å²) in [5, 5.41) is 0.207. The van der Waals surface area contributed by atoms with E-state index in [1.807, 2.05) is 0 Å². The van der Waals surface area contributed by atoms with Gasteiger partial charge in [0.2, 0.25) is 5.91 Å². The van der Waals surface area contributed by atoms with E-state index < -0.39 is 17.9 Å². The van der Waals surface area contributed by atoms with Crippen LogP contribution >= 0.6 is 11.6 Å². The summed E-state index contributed by atoms with van der Waals surface area (Å²) in [6, 6.07) is 3.51. The van der Waals surface area contributed by atoms with Crippen LogP contribution in [0.1, 0.15) is 22.3 Å². The summed E-state index contributed by atoms with van der Waals surface area (Å²) < 4.78 is 24.5. The minimum absolute atomic E-state index is 0.207. The van der Waals surface area contributed by atoms with Crippen LogP contribution in [0.15, 0.2) is 18.2 Å². The van der Waals surface area contributed by atoms with Gasteiger partial charge in [0.05, 0.1) is 0 Å². The lowest BCUT2D eigenvalue weighted by atomic mass is 10.1. The van der Waals surface area contributed by atoms with Crippen molar-refractivity contribution in [1.82, 2.24) is 0 Å². The van der Waals surface area contributed by atoms with Crippen molar-refractivity contribution in [2.24, 2.45) is 5.73 Å². The highest BCUT2D eigenvalue weighted by Crippen LogP contribution is 2.25. The fourth-order valence-corrected chi connectivity index (χ4v) is 1.10. The first-order chi connectivity index (χ1) is 6.02. The number of carbonyl (C=O) groups is 1. The van der Waals surface area contributed by atoms with E-state index in [0.717, 1.165) is 12.1 Å². The van der Waals surface area contributed by atoms with Crippen LogP contribution in [0.25, 0.3) is 0 Å². The van der Waals surface area contributed by atoms with Crippen molar-refractivity contribution in [3.63, 3.8) is 0 Å². The van der Waals surface area contributed by atoms with E-state index in [0.29, 0.717) is 0 Å². The second kappa shape index (κ2) is 3.70. The average Bonchev–Trinajstić information content (AvgIpc) is 2.03. The van der Waals surface area contributed by atoms with Crippen molar-refractivity contribution in [1.29, 1.82) is 0 Å². The molecule has 0 aliphatic carbocycles. The topological polar surface area (TPSA) is 43.1 Å². The quantitative estimate of drug-likeness (QED) is 0.792. The molecule has 1 aromatic rings. The molecule has 13 heavy (non-hydrogen) atoms. The fraction of sp³-hybridized carbons (Fsp3) is 0.125. The summed E-state index contributed by atoms with van der Waals surface area (Å²) in [4.78, 5) is 10.7. The van der Waals surface area contributed by atoms with Gasteiger partial charge in [-0.25, -0.2) is 8.78 Å². The Kier molecular flexibility index (Phi) is 2.83. The normalized spacial score (nSPS) is 10.5. The molecule has 0 spiro atoms. The van der Waals surface area contributed by atoms with Gasteiger partial charge in [0, 0.05) is 16.1 Å². The van der Waals surface area contributed by atoms with Gasteiger partial charge in [0.1, 0.15) is 0 Å². The average molecular weight is 206 g/mol. The number of rotatable bonds is 2. The van der Waals surface area contributed by atoms with E-state index in [2.05, 4.69) is 0 Å². The van der Waals surface area contributed by atoms with E-state index in [9.17, 15) is 13.6 Å². The van der Waals surface area contributed by atoms with Crippen LogP contribution in [0.3, 0.4) is 0 Å². The summed E-state index contributed by atoms with van der Waals surface area (Å²) in [7, 11) is 0.